The first kappa shape index (κ1) is 27.6. The van der Waals surface area contributed by atoms with Crippen LogP contribution in [0.1, 0.15) is 65.8 Å². The van der Waals surface area contributed by atoms with Crippen molar-refractivity contribution in [3.05, 3.63) is 100 Å². The Morgan fingerprint density at radius 1 is 0.974 bits per heavy atom. The lowest BCUT2D eigenvalue weighted by Crippen LogP contribution is -2.29. The first-order valence-corrected chi connectivity index (χ1v) is 13.0. The molecule has 1 unspecified atom stereocenters. The molecule has 0 spiro atoms. The molecule has 1 N–H and O–H groups in total. The number of carbonyl (C=O) groups is 3. The number of anilines is 1. The van der Waals surface area contributed by atoms with Crippen molar-refractivity contribution in [2.45, 2.75) is 53.2 Å². The molecule has 7 heteroatoms. The number of amides is 1. The van der Waals surface area contributed by atoms with Gasteiger partial charge in [0.2, 0.25) is 0 Å². The predicted molar refractivity (Wildman–Crippen MR) is 150 cm³/mol. The van der Waals surface area contributed by atoms with Crippen LogP contribution in [0.15, 0.2) is 72.3 Å². The molecule has 7 nitrogen and oxygen atoms in total. The van der Waals surface area contributed by atoms with Gasteiger partial charge in [0.1, 0.15) is 11.5 Å². The number of carbonyl (C=O) groups excluding carboxylic acids is 3. The van der Waals surface area contributed by atoms with Crippen molar-refractivity contribution < 1.29 is 29.0 Å². The van der Waals surface area contributed by atoms with Crippen molar-refractivity contribution in [1.82, 2.24) is 0 Å². The van der Waals surface area contributed by atoms with E-state index in [1.807, 2.05) is 58.9 Å². The van der Waals surface area contributed by atoms with Crippen LogP contribution in [-0.2, 0) is 14.3 Å². The monoisotopic (exact) mass is 527 g/mol. The number of aryl methyl sites for hydroxylation is 2. The second-order valence-electron chi connectivity index (χ2n) is 9.91. The fourth-order valence-electron chi connectivity index (χ4n) is 4.63. The van der Waals surface area contributed by atoms with Gasteiger partial charge >= 0.3 is 5.97 Å². The largest absolute Gasteiger partial charge is 0.507 e. The molecule has 1 saturated heterocycles. The average Bonchev–Trinajstić information content (AvgIpc) is 3.18. The number of aliphatic hydroxyl groups is 1. The smallest absolute Gasteiger partial charge is 0.338 e. The van der Waals surface area contributed by atoms with Crippen molar-refractivity contribution in [1.29, 1.82) is 0 Å². The van der Waals surface area contributed by atoms with E-state index < -0.39 is 23.7 Å². The Hall–Kier alpha value is -4.39. The van der Waals surface area contributed by atoms with E-state index in [2.05, 4.69) is 0 Å². The lowest BCUT2D eigenvalue weighted by molar-refractivity contribution is -0.132. The minimum absolute atomic E-state index is 0.00559. The van der Waals surface area contributed by atoms with Gasteiger partial charge < -0.3 is 14.6 Å². The highest BCUT2D eigenvalue weighted by Crippen LogP contribution is 2.42. The first-order chi connectivity index (χ1) is 18.6. The van der Waals surface area contributed by atoms with E-state index in [1.165, 1.54) is 4.90 Å². The second-order valence-corrected chi connectivity index (χ2v) is 9.91. The van der Waals surface area contributed by atoms with E-state index >= 15 is 0 Å². The van der Waals surface area contributed by atoms with Gasteiger partial charge in [-0.25, -0.2) is 4.79 Å². The van der Waals surface area contributed by atoms with Gasteiger partial charge in [-0.1, -0.05) is 36.8 Å². The highest BCUT2D eigenvalue weighted by molar-refractivity contribution is 6.51. The molecule has 4 rings (SSSR count). The molecule has 1 heterocycles. The Morgan fingerprint density at radius 3 is 2.28 bits per heavy atom. The topological polar surface area (TPSA) is 93.1 Å². The van der Waals surface area contributed by atoms with Crippen LogP contribution in [0.5, 0.6) is 5.75 Å². The lowest BCUT2D eigenvalue weighted by atomic mass is 9.93. The van der Waals surface area contributed by atoms with Gasteiger partial charge in [0.05, 0.1) is 29.9 Å². The molecule has 0 aliphatic carbocycles. The van der Waals surface area contributed by atoms with Crippen molar-refractivity contribution in [3.63, 3.8) is 0 Å². The average molecular weight is 528 g/mol. The molecule has 1 aliphatic heterocycles. The van der Waals surface area contributed by atoms with Crippen molar-refractivity contribution >= 4 is 29.1 Å². The Bertz CT molecular complexity index is 1440. The summed E-state index contributed by atoms with van der Waals surface area (Å²) >= 11 is 0. The molecule has 0 radical (unpaired) electrons. The molecular formula is C32H33NO6. The highest BCUT2D eigenvalue weighted by atomic mass is 16.5. The molecule has 3 aromatic carbocycles. The van der Waals surface area contributed by atoms with Gasteiger partial charge in [-0.2, -0.15) is 0 Å². The number of benzene rings is 3. The second kappa shape index (κ2) is 11.6. The number of rotatable bonds is 8. The van der Waals surface area contributed by atoms with Crippen molar-refractivity contribution in [2.24, 2.45) is 0 Å². The molecule has 1 amide bonds. The number of Topliss-reactive ketones (excluding diaryl/α,β-unsaturated/α-hetero) is 1. The summed E-state index contributed by atoms with van der Waals surface area (Å²) in [5.41, 5.74) is 3.58. The predicted octanol–water partition coefficient (Wildman–Crippen LogP) is 6.28. The molecule has 202 valence electrons. The molecule has 1 aliphatic rings. The van der Waals surface area contributed by atoms with Gasteiger partial charge in [-0.3, -0.25) is 14.5 Å². The van der Waals surface area contributed by atoms with Crippen LogP contribution in [0.2, 0.25) is 0 Å². The maximum absolute atomic E-state index is 13.5. The summed E-state index contributed by atoms with van der Waals surface area (Å²) in [5.74, 6) is -1.59. The van der Waals surface area contributed by atoms with E-state index in [-0.39, 0.29) is 17.4 Å². The van der Waals surface area contributed by atoms with Gasteiger partial charge in [0, 0.05) is 11.3 Å². The molecule has 0 aromatic heterocycles. The maximum Gasteiger partial charge on any atom is 0.338 e. The molecule has 39 heavy (non-hydrogen) atoms. The summed E-state index contributed by atoms with van der Waals surface area (Å²) in [6.45, 7) is 9.86. The van der Waals surface area contributed by atoms with Gasteiger partial charge in [-0.05, 0) is 87.7 Å². The fraction of sp³-hybridized carbons (Fsp3) is 0.281. The number of ether oxygens (including phenoxy) is 2. The Labute approximate surface area is 228 Å². The summed E-state index contributed by atoms with van der Waals surface area (Å²) in [5, 5.41) is 11.4. The number of esters is 1. The summed E-state index contributed by atoms with van der Waals surface area (Å²) < 4.78 is 11.0. The number of hydrogen-bond donors (Lipinski definition) is 1. The van der Waals surface area contributed by atoms with Crippen molar-refractivity contribution in [2.75, 3.05) is 11.5 Å². The van der Waals surface area contributed by atoms with Crippen LogP contribution in [-0.4, -0.2) is 35.5 Å². The van der Waals surface area contributed by atoms with E-state index in [0.29, 0.717) is 41.2 Å². The molecule has 0 saturated carbocycles. The molecule has 3 aromatic rings. The normalized spacial score (nSPS) is 16.6. The van der Waals surface area contributed by atoms with Crippen molar-refractivity contribution in [3.8, 4) is 5.75 Å². The Morgan fingerprint density at radius 2 is 1.67 bits per heavy atom. The van der Waals surface area contributed by atoms with E-state index in [0.717, 1.165) is 11.1 Å². The zero-order chi connectivity index (χ0) is 28.3. The number of nitrogens with zero attached hydrogens (tertiary/aromatic N) is 1. The SMILES string of the molecule is CCCOC(=O)c1ccc(N2C(=O)C(=O)/C(=C(\O)c3ccc(OC(C)C)c(C)c3)C2c2cccc(C)c2)cc1. The van der Waals surface area contributed by atoms with Gasteiger partial charge in [-0.15, -0.1) is 0 Å². The third kappa shape index (κ3) is 5.72. The molecule has 1 atom stereocenters. The lowest BCUT2D eigenvalue weighted by Gasteiger charge is -2.26. The quantitative estimate of drug-likeness (QED) is 0.160. The summed E-state index contributed by atoms with van der Waals surface area (Å²) in [6, 6.07) is 18.1. The first-order valence-electron chi connectivity index (χ1n) is 13.0. The molecular weight excluding hydrogens is 494 g/mol. The van der Waals surface area contributed by atoms with E-state index in [1.54, 1.807) is 42.5 Å². The number of ketones is 1. The van der Waals surface area contributed by atoms with Crippen LogP contribution in [0, 0.1) is 13.8 Å². The highest BCUT2D eigenvalue weighted by Gasteiger charge is 2.47. The zero-order valence-corrected chi connectivity index (χ0v) is 22.9. The Kier molecular flexibility index (Phi) is 8.19. The minimum Gasteiger partial charge on any atom is -0.507 e. The third-order valence-electron chi connectivity index (χ3n) is 6.43. The van der Waals surface area contributed by atoms with E-state index in [9.17, 15) is 19.5 Å². The standard InChI is InChI=1S/C32H33NO6/c1-6-16-38-32(37)22-10-13-25(14-11-22)33-28(23-9-7-8-20(4)17-23)27(30(35)31(33)36)29(34)24-12-15-26(21(5)18-24)39-19(2)3/h7-15,17-19,28,34H,6,16H2,1-5H3/b29-27-. The zero-order valence-electron chi connectivity index (χ0n) is 22.9. The minimum atomic E-state index is -0.866. The van der Waals surface area contributed by atoms with Crippen LogP contribution >= 0.6 is 0 Å². The summed E-state index contributed by atoms with van der Waals surface area (Å²) in [7, 11) is 0. The van der Waals surface area contributed by atoms with Crippen LogP contribution < -0.4 is 9.64 Å². The van der Waals surface area contributed by atoms with Gasteiger partial charge in [0.15, 0.2) is 0 Å². The third-order valence-corrected chi connectivity index (χ3v) is 6.43. The molecule has 1 fully saturated rings. The van der Waals surface area contributed by atoms with E-state index in [4.69, 9.17) is 9.47 Å². The van der Waals surface area contributed by atoms with Crippen LogP contribution in [0.4, 0.5) is 5.69 Å². The van der Waals surface area contributed by atoms with Crippen LogP contribution in [0.3, 0.4) is 0 Å². The maximum atomic E-state index is 13.5. The van der Waals surface area contributed by atoms with Gasteiger partial charge in [0.25, 0.3) is 11.7 Å². The Balaban J connectivity index is 1.82. The fourth-order valence-corrected chi connectivity index (χ4v) is 4.63. The summed E-state index contributed by atoms with van der Waals surface area (Å²) in [4.78, 5) is 40.5. The molecule has 0 bridgehead atoms. The summed E-state index contributed by atoms with van der Waals surface area (Å²) in [6.07, 6.45) is 0.688. The van der Waals surface area contributed by atoms with Crippen LogP contribution in [0.25, 0.3) is 5.76 Å². The number of aliphatic hydroxyl groups excluding tert-OH is 1. The number of hydrogen-bond acceptors (Lipinski definition) is 6.